The number of carbonyl (C=O) groups is 2. The van der Waals surface area contributed by atoms with Crippen LogP contribution in [-0.4, -0.2) is 63.3 Å². The van der Waals surface area contributed by atoms with Gasteiger partial charge in [0.1, 0.15) is 5.75 Å². The average molecular weight is 465 g/mol. The lowest BCUT2D eigenvalue weighted by molar-refractivity contribution is -0.139. The molecule has 0 saturated carbocycles. The van der Waals surface area contributed by atoms with Crippen molar-refractivity contribution < 1.29 is 19.1 Å². The van der Waals surface area contributed by atoms with Gasteiger partial charge in [-0.3, -0.25) is 4.90 Å². The maximum atomic E-state index is 13.0. The van der Waals surface area contributed by atoms with Crippen LogP contribution in [0, 0.1) is 6.92 Å². The fourth-order valence-corrected chi connectivity index (χ4v) is 4.41. The summed E-state index contributed by atoms with van der Waals surface area (Å²) in [5, 5.41) is 5.76. The van der Waals surface area contributed by atoms with Gasteiger partial charge in [0, 0.05) is 44.1 Å². The van der Waals surface area contributed by atoms with Gasteiger partial charge in [-0.05, 0) is 43.7 Å². The first-order valence-corrected chi connectivity index (χ1v) is 11.6. The highest BCUT2D eigenvalue weighted by Gasteiger charge is 2.35. The zero-order valence-corrected chi connectivity index (χ0v) is 20.0. The number of nitrogens with zero attached hydrogens (tertiary/aromatic N) is 2. The largest absolute Gasteiger partial charge is 0.497 e. The van der Waals surface area contributed by atoms with Crippen LogP contribution >= 0.6 is 0 Å². The molecule has 0 spiro atoms. The van der Waals surface area contributed by atoms with Crippen molar-refractivity contribution in [3.05, 3.63) is 70.9 Å². The molecule has 2 N–H and O–H groups in total. The van der Waals surface area contributed by atoms with Gasteiger partial charge >= 0.3 is 12.0 Å². The van der Waals surface area contributed by atoms with Gasteiger partial charge in [-0.2, -0.15) is 0 Å². The lowest BCUT2D eigenvalue weighted by atomic mass is 9.94. The van der Waals surface area contributed by atoms with E-state index in [4.69, 9.17) is 9.47 Å². The number of aryl methyl sites for hydroxylation is 1. The molecule has 34 heavy (non-hydrogen) atoms. The Bertz CT molecular complexity index is 1060. The Morgan fingerprint density at radius 2 is 1.82 bits per heavy atom. The molecule has 0 unspecified atom stereocenters. The quantitative estimate of drug-likeness (QED) is 0.613. The summed E-state index contributed by atoms with van der Waals surface area (Å²) in [4.78, 5) is 30.2. The number of carbonyl (C=O) groups excluding carboxylic acids is 2. The second kappa shape index (κ2) is 10.6. The predicted octanol–water partition coefficient (Wildman–Crippen LogP) is 3.00. The first kappa shape index (κ1) is 23.6. The normalized spacial score (nSPS) is 18.9. The van der Waals surface area contributed by atoms with Gasteiger partial charge in [-0.25, -0.2) is 9.59 Å². The first-order chi connectivity index (χ1) is 16.5. The molecule has 1 saturated heterocycles. The van der Waals surface area contributed by atoms with E-state index in [0.717, 1.165) is 31.7 Å². The van der Waals surface area contributed by atoms with Gasteiger partial charge < -0.3 is 25.0 Å². The second-order valence-electron chi connectivity index (χ2n) is 8.52. The summed E-state index contributed by atoms with van der Waals surface area (Å²) < 4.78 is 10.7. The van der Waals surface area contributed by atoms with Crippen molar-refractivity contribution in [3.63, 3.8) is 0 Å². The zero-order valence-electron chi connectivity index (χ0n) is 20.0. The maximum Gasteiger partial charge on any atom is 0.338 e. The molecule has 2 aliphatic rings. The summed E-state index contributed by atoms with van der Waals surface area (Å²) in [6, 6.07) is 15.0. The average Bonchev–Trinajstić information content (AvgIpc) is 2.85. The molecule has 4 rings (SSSR count). The summed E-state index contributed by atoms with van der Waals surface area (Å²) in [6.07, 6.45) is 0. The van der Waals surface area contributed by atoms with Crippen LogP contribution < -0.4 is 20.3 Å². The molecule has 0 aliphatic carbocycles. The highest BCUT2D eigenvalue weighted by molar-refractivity contribution is 5.95. The third-order valence-corrected chi connectivity index (χ3v) is 6.23. The number of benzene rings is 2. The smallest absolute Gasteiger partial charge is 0.338 e. The monoisotopic (exact) mass is 464 g/mol. The molecule has 2 aromatic rings. The lowest BCUT2D eigenvalue weighted by Crippen LogP contribution is -2.51. The first-order valence-electron chi connectivity index (χ1n) is 11.6. The third kappa shape index (κ3) is 5.34. The lowest BCUT2D eigenvalue weighted by Gasteiger charge is -2.38. The number of hydrogen-bond acceptors (Lipinski definition) is 6. The van der Waals surface area contributed by atoms with Crippen LogP contribution in [0.3, 0.4) is 0 Å². The van der Waals surface area contributed by atoms with Crippen LogP contribution in [0.15, 0.2) is 59.8 Å². The number of esters is 1. The fourth-order valence-electron chi connectivity index (χ4n) is 4.41. The Balaban J connectivity index is 1.56. The van der Waals surface area contributed by atoms with E-state index in [-0.39, 0.29) is 12.6 Å². The summed E-state index contributed by atoms with van der Waals surface area (Å²) >= 11 is 0. The second-order valence-corrected chi connectivity index (χ2v) is 8.52. The summed E-state index contributed by atoms with van der Waals surface area (Å²) in [5.74, 6) is 0.221. The molecule has 1 atom stereocenters. The molecule has 0 radical (unpaired) electrons. The van der Waals surface area contributed by atoms with Gasteiger partial charge in [-0.15, -0.1) is 0 Å². The van der Waals surface area contributed by atoms with Crippen molar-refractivity contribution in [1.29, 1.82) is 0 Å². The zero-order chi connectivity index (χ0) is 24.1. The van der Waals surface area contributed by atoms with Gasteiger partial charge in [0.05, 0.1) is 25.3 Å². The Morgan fingerprint density at radius 1 is 1.09 bits per heavy atom. The predicted molar refractivity (Wildman–Crippen MR) is 131 cm³/mol. The maximum absolute atomic E-state index is 13.0. The van der Waals surface area contributed by atoms with E-state index < -0.39 is 12.0 Å². The van der Waals surface area contributed by atoms with Crippen molar-refractivity contribution in [3.8, 4) is 5.75 Å². The van der Waals surface area contributed by atoms with E-state index in [2.05, 4.69) is 51.6 Å². The molecule has 1 fully saturated rings. The molecule has 8 heteroatoms. The topological polar surface area (TPSA) is 83.1 Å². The van der Waals surface area contributed by atoms with Crippen molar-refractivity contribution in [2.24, 2.45) is 0 Å². The molecule has 2 amide bonds. The minimum absolute atomic E-state index is 0.254. The van der Waals surface area contributed by atoms with Gasteiger partial charge in [0.2, 0.25) is 0 Å². The van der Waals surface area contributed by atoms with E-state index in [1.165, 1.54) is 11.3 Å². The summed E-state index contributed by atoms with van der Waals surface area (Å²) in [7, 11) is 1.59. The van der Waals surface area contributed by atoms with Crippen LogP contribution in [0.2, 0.25) is 0 Å². The van der Waals surface area contributed by atoms with Crippen LogP contribution in [0.5, 0.6) is 5.75 Å². The molecule has 2 aliphatic heterocycles. The van der Waals surface area contributed by atoms with E-state index in [1.807, 2.05) is 24.3 Å². The number of rotatable bonds is 7. The van der Waals surface area contributed by atoms with Crippen LogP contribution in [0.4, 0.5) is 10.5 Å². The van der Waals surface area contributed by atoms with Crippen molar-refractivity contribution in [2.75, 3.05) is 51.3 Å². The van der Waals surface area contributed by atoms with Gasteiger partial charge in [-0.1, -0.05) is 29.8 Å². The number of piperazine rings is 1. The van der Waals surface area contributed by atoms with Crippen LogP contribution in [-0.2, 0) is 9.53 Å². The Morgan fingerprint density at radius 3 is 2.50 bits per heavy atom. The summed E-state index contributed by atoms with van der Waals surface area (Å²) in [6.45, 7) is 7.96. The number of nitrogens with one attached hydrogen (secondary N) is 2. The highest BCUT2D eigenvalue weighted by atomic mass is 16.5. The van der Waals surface area contributed by atoms with Crippen molar-refractivity contribution >= 4 is 17.7 Å². The minimum atomic E-state index is -0.619. The van der Waals surface area contributed by atoms with E-state index in [0.29, 0.717) is 23.6 Å². The number of urea groups is 1. The number of amides is 2. The van der Waals surface area contributed by atoms with E-state index in [9.17, 15) is 9.59 Å². The molecular formula is C26H32N4O4. The molecule has 8 nitrogen and oxygen atoms in total. The van der Waals surface area contributed by atoms with Crippen molar-refractivity contribution in [1.82, 2.24) is 15.5 Å². The Hall–Kier alpha value is -3.52. The molecule has 0 aromatic heterocycles. The van der Waals surface area contributed by atoms with Gasteiger partial charge in [0.15, 0.2) is 0 Å². The van der Waals surface area contributed by atoms with Gasteiger partial charge in [0.25, 0.3) is 0 Å². The van der Waals surface area contributed by atoms with Crippen LogP contribution in [0.1, 0.15) is 24.1 Å². The highest BCUT2D eigenvalue weighted by Crippen LogP contribution is 2.30. The Labute approximate surface area is 200 Å². The fraction of sp³-hybridized carbons (Fsp3) is 0.385. The van der Waals surface area contributed by atoms with E-state index >= 15 is 0 Å². The van der Waals surface area contributed by atoms with Crippen molar-refractivity contribution in [2.45, 2.75) is 19.9 Å². The molecule has 2 heterocycles. The number of anilines is 1. The summed E-state index contributed by atoms with van der Waals surface area (Å²) in [5.41, 5.74) is 4.23. The molecule has 2 aromatic carbocycles. The number of hydrogen-bond donors (Lipinski definition) is 2. The van der Waals surface area contributed by atoms with E-state index in [1.54, 1.807) is 14.0 Å². The molecule has 180 valence electrons. The SMILES string of the molecule is CCOC(=O)C1=C(CN2CCN(c3ccc(C)cc3)CC2)NC(=O)N[C@@H]1c1cccc(OC)c1. The Kier molecular flexibility index (Phi) is 7.37. The van der Waals surface area contributed by atoms with Crippen LogP contribution in [0.25, 0.3) is 0 Å². The number of methoxy groups -OCH3 is 1. The molecular weight excluding hydrogens is 432 g/mol. The standard InChI is InChI=1S/C26H32N4O4/c1-4-34-25(31)23-22(27-26(32)28-24(23)19-6-5-7-21(16-19)33-3)17-29-12-14-30(15-13-29)20-10-8-18(2)9-11-20/h5-11,16,24H,4,12-15,17H2,1-3H3,(H2,27,28,32)/t24-/m1/s1. The number of ether oxygens (including phenoxy) is 2. The third-order valence-electron chi connectivity index (χ3n) is 6.23. The minimum Gasteiger partial charge on any atom is -0.497 e. The molecule has 0 bridgehead atoms.